The Kier molecular flexibility index (Phi) is 9.17. The molecule has 3 aliphatic rings. The molecule has 6 rings (SSSR count). The molecule has 2 N–H and O–H groups in total. The lowest BCUT2D eigenvalue weighted by atomic mass is 9.87. The van der Waals surface area contributed by atoms with E-state index in [1.165, 1.54) is 6.33 Å². The first kappa shape index (κ1) is 31.2. The van der Waals surface area contributed by atoms with Gasteiger partial charge < -0.3 is 23.3 Å². The van der Waals surface area contributed by atoms with Gasteiger partial charge in [0, 0.05) is 19.6 Å². The number of rotatable bonds is 11. The third-order valence-electron chi connectivity index (χ3n) is 8.65. The van der Waals surface area contributed by atoms with Gasteiger partial charge in [0.2, 0.25) is 11.9 Å². The number of hydrogen-bond acceptors (Lipinski definition) is 10. The van der Waals surface area contributed by atoms with Crippen molar-refractivity contribution in [2.45, 2.75) is 83.1 Å². The van der Waals surface area contributed by atoms with Gasteiger partial charge in [0.05, 0.1) is 31.7 Å². The number of aromatic amines is 1. The second kappa shape index (κ2) is 12.9. The van der Waals surface area contributed by atoms with Crippen molar-refractivity contribution in [3.63, 3.8) is 0 Å². The monoisotopic (exact) mass is 628 g/mol. The van der Waals surface area contributed by atoms with Gasteiger partial charge in [-0.3, -0.25) is 24.5 Å². The van der Waals surface area contributed by atoms with E-state index in [0.717, 1.165) is 24.9 Å². The van der Waals surface area contributed by atoms with Gasteiger partial charge in [-0.25, -0.2) is 9.65 Å². The fourth-order valence-corrected chi connectivity index (χ4v) is 8.40. The van der Waals surface area contributed by atoms with Gasteiger partial charge in [-0.05, 0) is 31.7 Å². The first-order valence-corrected chi connectivity index (χ1v) is 16.4. The number of anilines is 1. The summed E-state index contributed by atoms with van der Waals surface area (Å²) >= 11 is 0. The SMILES string of the molecule is CC[C@H]1O[C@@H](n2cnc3c(=O)[nH]c(NC(=O)C(C)C)nc32)[C@@H](OCCOC)C1O[P@]1O[C@@](C)(c2ccccc2)[C@H]2CCCN21. The lowest BCUT2D eigenvalue weighted by Gasteiger charge is -2.29. The van der Waals surface area contributed by atoms with Crippen LogP contribution in [0, 0.1) is 5.92 Å². The van der Waals surface area contributed by atoms with Crippen LogP contribution in [0.3, 0.4) is 0 Å². The van der Waals surface area contributed by atoms with Crippen LogP contribution in [0.2, 0.25) is 0 Å². The molecule has 0 radical (unpaired) electrons. The van der Waals surface area contributed by atoms with Crippen molar-refractivity contribution < 1.29 is 28.1 Å². The number of aromatic nitrogens is 4. The molecule has 3 saturated heterocycles. The summed E-state index contributed by atoms with van der Waals surface area (Å²) in [7, 11) is 0.196. The van der Waals surface area contributed by atoms with Crippen molar-refractivity contribution in [3.8, 4) is 0 Å². The Morgan fingerprint density at radius 1 is 1.25 bits per heavy atom. The summed E-state index contributed by atoms with van der Waals surface area (Å²) in [5.74, 6) is -0.516. The fourth-order valence-electron chi connectivity index (χ4n) is 6.25. The van der Waals surface area contributed by atoms with E-state index in [4.69, 9.17) is 23.3 Å². The maximum atomic E-state index is 12.9. The molecule has 238 valence electrons. The average Bonchev–Trinajstić information content (AvgIpc) is 3.79. The van der Waals surface area contributed by atoms with E-state index >= 15 is 0 Å². The molecule has 7 atom stereocenters. The Morgan fingerprint density at radius 2 is 2.05 bits per heavy atom. The van der Waals surface area contributed by atoms with Crippen molar-refractivity contribution in [1.29, 1.82) is 0 Å². The van der Waals surface area contributed by atoms with Crippen LogP contribution in [-0.4, -0.2) is 81.3 Å². The highest BCUT2D eigenvalue weighted by molar-refractivity contribution is 7.45. The summed E-state index contributed by atoms with van der Waals surface area (Å²) in [6.45, 7) is 9.30. The zero-order valence-corrected chi connectivity index (χ0v) is 26.7. The van der Waals surface area contributed by atoms with E-state index in [1.807, 2.05) is 25.1 Å². The largest absolute Gasteiger partial charge is 0.382 e. The molecular weight excluding hydrogens is 587 g/mol. The number of methoxy groups -OCH3 is 1. The highest BCUT2D eigenvalue weighted by Crippen LogP contribution is 2.64. The van der Waals surface area contributed by atoms with Crippen molar-refractivity contribution >= 4 is 31.5 Å². The quantitative estimate of drug-likeness (QED) is 0.236. The number of amides is 1. The first-order valence-electron chi connectivity index (χ1n) is 15.3. The van der Waals surface area contributed by atoms with Crippen LogP contribution >= 0.6 is 8.53 Å². The number of imidazole rings is 1. The van der Waals surface area contributed by atoms with Crippen LogP contribution in [0.15, 0.2) is 41.5 Å². The standard InChI is InChI=1S/C30H41N6O7P/c1-6-20-23(42-44-36-14-10-13-21(36)30(4,43-44)19-11-8-7-9-12-19)24(40-16-15-39-5)28(41-20)35-17-31-22-25(35)32-29(34-27(22)38)33-26(37)18(2)3/h7-9,11-12,17-18,20-21,23-24,28H,6,10,13-16H2,1-5H3,(H2,32,33,34,37,38)/t20-,21-,23?,24+,28-,30+,44-/m1/s1. The molecule has 2 aromatic heterocycles. The third kappa shape index (κ3) is 5.71. The second-order valence-electron chi connectivity index (χ2n) is 11.9. The average molecular weight is 629 g/mol. The number of hydrogen-bond donors (Lipinski definition) is 2. The lowest BCUT2D eigenvalue weighted by Crippen LogP contribution is -2.37. The normalized spacial score (nSPS) is 30.4. The van der Waals surface area contributed by atoms with Crippen molar-refractivity contribution in [2.24, 2.45) is 5.92 Å². The van der Waals surface area contributed by atoms with E-state index in [9.17, 15) is 9.59 Å². The van der Waals surface area contributed by atoms with Crippen molar-refractivity contribution in [2.75, 3.05) is 32.2 Å². The van der Waals surface area contributed by atoms with Gasteiger partial charge in [-0.2, -0.15) is 4.98 Å². The van der Waals surface area contributed by atoms with Gasteiger partial charge in [-0.15, -0.1) is 0 Å². The maximum Gasteiger partial charge on any atom is 0.280 e. The number of carbonyl (C=O) groups excluding carboxylic acids is 1. The summed E-state index contributed by atoms with van der Waals surface area (Å²) in [5.41, 5.74) is 0.566. The molecule has 0 saturated carbocycles. The van der Waals surface area contributed by atoms with Gasteiger partial charge in [0.15, 0.2) is 17.4 Å². The number of ether oxygens (including phenoxy) is 3. The Labute approximate surface area is 257 Å². The molecule has 1 aromatic carbocycles. The Bertz CT molecular complexity index is 1520. The molecule has 5 heterocycles. The number of benzene rings is 1. The van der Waals surface area contributed by atoms with Gasteiger partial charge >= 0.3 is 0 Å². The molecule has 13 nitrogen and oxygen atoms in total. The van der Waals surface area contributed by atoms with E-state index in [-0.39, 0.29) is 41.1 Å². The number of H-pyrrole nitrogens is 1. The summed E-state index contributed by atoms with van der Waals surface area (Å²) in [5, 5.41) is 2.68. The zero-order chi connectivity index (χ0) is 31.0. The molecule has 44 heavy (non-hydrogen) atoms. The molecule has 0 aliphatic carbocycles. The number of carbonyl (C=O) groups is 1. The number of fused-ring (bicyclic) bond motifs is 2. The second-order valence-corrected chi connectivity index (χ2v) is 13.3. The smallest absolute Gasteiger partial charge is 0.280 e. The number of nitrogens with one attached hydrogen (secondary N) is 2. The van der Waals surface area contributed by atoms with E-state index < -0.39 is 38.1 Å². The van der Waals surface area contributed by atoms with E-state index in [2.05, 4.69) is 44.0 Å². The summed E-state index contributed by atoms with van der Waals surface area (Å²) < 4.78 is 36.1. The third-order valence-corrected chi connectivity index (χ3v) is 10.5. The van der Waals surface area contributed by atoms with Gasteiger partial charge in [0.25, 0.3) is 14.1 Å². The highest BCUT2D eigenvalue weighted by Gasteiger charge is 2.57. The van der Waals surface area contributed by atoms with Gasteiger partial charge in [0.1, 0.15) is 17.8 Å². The van der Waals surface area contributed by atoms with E-state index in [0.29, 0.717) is 19.6 Å². The molecule has 3 aliphatic heterocycles. The molecule has 1 amide bonds. The number of nitrogens with zero attached hydrogens (tertiary/aromatic N) is 4. The molecule has 0 spiro atoms. The summed E-state index contributed by atoms with van der Waals surface area (Å²) in [6.07, 6.45) is 2.18. The molecular formula is C30H41N6O7P. The molecule has 1 unspecified atom stereocenters. The highest BCUT2D eigenvalue weighted by atomic mass is 31.2. The van der Waals surface area contributed by atoms with Crippen LogP contribution in [0.1, 0.15) is 58.7 Å². The Morgan fingerprint density at radius 3 is 2.77 bits per heavy atom. The Balaban J connectivity index is 1.32. The first-order chi connectivity index (χ1) is 21.2. The summed E-state index contributed by atoms with van der Waals surface area (Å²) in [4.78, 5) is 36.8. The predicted octanol–water partition coefficient (Wildman–Crippen LogP) is 4.08. The molecule has 0 bridgehead atoms. The van der Waals surface area contributed by atoms with Crippen LogP contribution in [0.4, 0.5) is 5.95 Å². The maximum absolute atomic E-state index is 12.9. The van der Waals surface area contributed by atoms with Crippen LogP contribution in [-0.2, 0) is 33.7 Å². The van der Waals surface area contributed by atoms with Crippen LogP contribution in [0.5, 0.6) is 0 Å². The van der Waals surface area contributed by atoms with Crippen LogP contribution in [0.25, 0.3) is 11.2 Å². The molecule has 14 heteroatoms. The predicted molar refractivity (Wildman–Crippen MR) is 164 cm³/mol. The lowest BCUT2D eigenvalue weighted by molar-refractivity contribution is -0.118. The van der Waals surface area contributed by atoms with Crippen molar-refractivity contribution in [1.82, 2.24) is 24.2 Å². The van der Waals surface area contributed by atoms with E-state index in [1.54, 1.807) is 25.5 Å². The summed E-state index contributed by atoms with van der Waals surface area (Å²) in [6, 6.07) is 10.5. The van der Waals surface area contributed by atoms with Gasteiger partial charge in [-0.1, -0.05) is 51.1 Å². The minimum Gasteiger partial charge on any atom is -0.382 e. The molecule has 3 aromatic rings. The minimum absolute atomic E-state index is 0.0423. The topological polar surface area (TPSA) is 142 Å². The minimum atomic E-state index is -1.42. The van der Waals surface area contributed by atoms with Crippen molar-refractivity contribution in [3.05, 3.63) is 52.6 Å². The molecule has 3 fully saturated rings. The fraction of sp³-hybridized carbons (Fsp3) is 0.600. The Hall–Kier alpha value is -2.77. The van der Waals surface area contributed by atoms with Crippen LogP contribution < -0.4 is 10.9 Å². The zero-order valence-electron chi connectivity index (χ0n) is 25.8.